The Morgan fingerprint density at radius 1 is 1.16 bits per heavy atom. The van der Waals surface area contributed by atoms with Crippen molar-refractivity contribution in [3.63, 3.8) is 0 Å². The number of benzene rings is 2. The average Bonchev–Trinajstić information content (AvgIpc) is 3.15. The fourth-order valence-electron chi connectivity index (χ4n) is 5.40. The lowest BCUT2D eigenvalue weighted by atomic mass is 9.70. The summed E-state index contributed by atoms with van der Waals surface area (Å²) in [7, 11) is 0. The first kappa shape index (κ1) is 27.3. The van der Waals surface area contributed by atoms with Crippen LogP contribution in [0.2, 0.25) is 0 Å². The summed E-state index contributed by atoms with van der Waals surface area (Å²) in [4.78, 5) is 28.5. The van der Waals surface area contributed by atoms with E-state index in [9.17, 15) is 22.8 Å². The van der Waals surface area contributed by atoms with Crippen LogP contribution in [0.25, 0.3) is 11.0 Å². The molecular weight excluding hydrogens is 501 g/mol. The standard InChI is InChI=1S/C27H31F3N4O4/c1-15-11-19(14-26(3,4)13-15)34-22-10-5-17(23(35)31-16(2)24(36)37)12-21(22)33-25(34)32-18-6-8-20(9-7-18)38-27(28,29)30/h5-10,12,15-16,19H,11,13-14H2,1-4H3,(H,31,35)(H,32,33)(H,36,37)/t15-,16+,19+/m0/s1. The van der Waals surface area contributed by atoms with E-state index in [1.807, 2.05) is 0 Å². The van der Waals surface area contributed by atoms with Crippen molar-refractivity contribution in [3.05, 3.63) is 48.0 Å². The number of amides is 1. The molecule has 4 rings (SSSR count). The zero-order chi connectivity index (χ0) is 27.8. The van der Waals surface area contributed by atoms with E-state index in [1.165, 1.54) is 31.2 Å². The first-order valence-electron chi connectivity index (χ1n) is 12.4. The number of anilines is 2. The lowest BCUT2D eigenvalue weighted by molar-refractivity contribution is -0.274. The Morgan fingerprint density at radius 2 is 1.84 bits per heavy atom. The number of imidazole rings is 1. The van der Waals surface area contributed by atoms with Crippen LogP contribution >= 0.6 is 0 Å². The number of hydrogen-bond acceptors (Lipinski definition) is 5. The Labute approximate surface area is 218 Å². The summed E-state index contributed by atoms with van der Waals surface area (Å²) in [5.74, 6) is -1.04. The smallest absolute Gasteiger partial charge is 0.480 e. The van der Waals surface area contributed by atoms with E-state index >= 15 is 0 Å². The molecular formula is C27H31F3N4O4. The highest BCUT2D eigenvalue weighted by atomic mass is 19.4. The van der Waals surface area contributed by atoms with Gasteiger partial charge in [0.25, 0.3) is 5.91 Å². The SMILES string of the molecule is C[C@H]1C[C@@H](n2c(Nc3ccc(OC(F)(F)F)cc3)nc3cc(C(=O)N[C@H](C)C(=O)O)ccc32)CC(C)(C)C1. The van der Waals surface area contributed by atoms with Gasteiger partial charge in [0.05, 0.1) is 11.0 Å². The van der Waals surface area contributed by atoms with Gasteiger partial charge < -0.3 is 25.0 Å². The van der Waals surface area contributed by atoms with Gasteiger partial charge in [0, 0.05) is 17.3 Å². The van der Waals surface area contributed by atoms with Crippen molar-refractivity contribution in [2.24, 2.45) is 11.3 Å². The predicted octanol–water partition coefficient (Wildman–Crippen LogP) is 6.27. The lowest BCUT2D eigenvalue weighted by Gasteiger charge is -2.40. The monoisotopic (exact) mass is 532 g/mol. The minimum atomic E-state index is -4.78. The highest BCUT2D eigenvalue weighted by Gasteiger charge is 2.35. The van der Waals surface area contributed by atoms with Crippen molar-refractivity contribution in [1.82, 2.24) is 14.9 Å². The molecule has 2 aromatic carbocycles. The van der Waals surface area contributed by atoms with Crippen LogP contribution in [0, 0.1) is 11.3 Å². The molecule has 1 fully saturated rings. The molecule has 0 saturated heterocycles. The van der Waals surface area contributed by atoms with E-state index in [2.05, 4.69) is 40.7 Å². The van der Waals surface area contributed by atoms with Crippen molar-refractivity contribution in [3.8, 4) is 5.75 Å². The molecule has 204 valence electrons. The minimum Gasteiger partial charge on any atom is -0.480 e. The largest absolute Gasteiger partial charge is 0.573 e. The maximum atomic E-state index is 12.6. The van der Waals surface area contributed by atoms with E-state index < -0.39 is 24.3 Å². The Morgan fingerprint density at radius 3 is 2.45 bits per heavy atom. The molecule has 11 heteroatoms. The van der Waals surface area contributed by atoms with E-state index in [0.717, 1.165) is 24.8 Å². The molecule has 1 amide bonds. The van der Waals surface area contributed by atoms with Crippen LogP contribution in [0.4, 0.5) is 24.8 Å². The average molecular weight is 533 g/mol. The molecule has 1 heterocycles. The van der Waals surface area contributed by atoms with Crippen LogP contribution in [-0.2, 0) is 4.79 Å². The van der Waals surface area contributed by atoms with E-state index in [0.29, 0.717) is 23.1 Å². The quantitative estimate of drug-likeness (QED) is 0.331. The predicted molar refractivity (Wildman–Crippen MR) is 137 cm³/mol. The Bertz CT molecular complexity index is 1330. The molecule has 0 radical (unpaired) electrons. The third-order valence-corrected chi connectivity index (χ3v) is 6.74. The van der Waals surface area contributed by atoms with Gasteiger partial charge in [0.2, 0.25) is 5.95 Å². The number of fused-ring (bicyclic) bond motifs is 1. The molecule has 38 heavy (non-hydrogen) atoms. The maximum Gasteiger partial charge on any atom is 0.573 e. The summed E-state index contributed by atoms with van der Waals surface area (Å²) >= 11 is 0. The van der Waals surface area contributed by atoms with E-state index in [-0.39, 0.29) is 22.8 Å². The van der Waals surface area contributed by atoms with Crippen molar-refractivity contribution in [2.45, 2.75) is 65.4 Å². The van der Waals surface area contributed by atoms with Crippen molar-refractivity contribution >= 4 is 34.5 Å². The summed E-state index contributed by atoms with van der Waals surface area (Å²) < 4.78 is 43.7. The summed E-state index contributed by atoms with van der Waals surface area (Å²) in [5.41, 5.74) is 2.22. The number of carboxylic acid groups (broad SMARTS) is 1. The molecule has 3 aromatic rings. The first-order valence-corrected chi connectivity index (χ1v) is 12.4. The van der Waals surface area contributed by atoms with Gasteiger partial charge in [-0.05, 0) is 80.0 Å². The number of aromatic nitrogens is 2. The minimum absolute atomic E-state index is 0.0968. The van der Waals surface area contributed by atoms with Crippen molar-refractivity contribution < 1.29 is 32.6 Å². The normalized spacial score (nSPS) is 20.1. The number of nitrogens with one attached hydrogen (secondary N) is 2. The second-order valence-corrected chi connectivity index (χ2v) is 10.8. The Kier molecular flexibility index (Phi) is 7.31. The van der Waals surface area contributed by atoms with Gasteiger partial charge in [-0.25, -0.2) is 4.98 Å². The second-order valence-electron chi connectivity index (χ2n) is 10.8. The first-order chi connectivity index (χ1) is 17.7. The zero-order valence-corrected chi connectivity index (χ0v) is 21.6. The number of carboxylic acids is 1. The molecule has 1 aromatic heterocycles. The molecule has 0 unspecified atom stereocenters. The number of halogens is 3. The Balaban J connectivity index is 1.71. The van der Waals surface area contributed by atoms with Gasteiger partial charge in [0.1, 0.15) is 11.8 Å². The van der Waals surface area contributed by atoms with Crippen molar-refractivity contribution in [2.75, 3.05) is 5.32 Å². The van der Waals surface area contributed by atoms with E-state index in [4.69, 9.17) is 10.1 Å². The fraction of sp³-hybridized carbons (Fsp3) is 0.444. The number of aliphatic carboxylic acids is 1. The van der Waals surface area contributed by atoms with Crippen LogP contribution in [0.3, 0.4) is 0 Å². The van der Waals surface area contributed by atoms with Crippen LogP contribution in [0.5, 0.6) is 5.75 Å². The van der Waals surface area contributed by atoms with Gasteiger partial charge in [-0.15, -0.1) is 13.2 Å². The molecule has 0 bridgehead atoms. The highest BCUT2D eigenvalue weighted by Crippen LogP contribution is 2.46. The van der Waals surface area contributed by atoms with Gasteiger partial charge >= 0.3 is 12.3 Å². The molecule has 0 aliphatic heterocycles. The third-order valence-electron chi connectivity index (χ3n) is 6.74. The molecule has 3 atom stereocenters. The zero-order valence-electron chi connectivity index (χ0n) is 21.6. The molecule has 1 saturated carbocycles. The number of ether oxygens (including phenoxy) is 1. The maximum absolute atomic E-state index is 12.6. The number of carbonyl (C=O) groups is 2. The van der Waals surface area contributed by atoms with Gasteiger partial charge in [-0.1, -0.05) is 20.8 Å². The second kappa shape index (κ2) is 10.2. The molecule has 8 nitrogen and oxygen atoms in total. The number of nitrogens with zero attached hydrogens (tertiary/aromatic N) is 2. The Hall–Kier alpha value is -3.76. The summed E-state index contributed by atoms with van der Waals surface area (Å²) in [6.07, 6.45) is -1.88. The third kappa shape index (κ3) is 6.38. The summed E-state index contributed by atoms with van der Waals surface area (Å²) in [6, 6.07) is 9.48. The number of carbonyl (C=O) groups excluding carboxylic acids is 1. The van der Waals surface area contributed by atoms with Crippen LogP contribution in [0.1, 0.15) is 63.4 Å². The molecule has 1 aliphatic rings. The van der Waals surface area contributed by atoms with Crippen LogP contribution < -0.4 is 15.4 Å². The topological polar surface area (TPSA) is 105 Å². The number of hydrogen-bond donors (Lipinski definition) is 3. The number of rotatable bonds is 7. The molecule has 3 N–H and O–H groups in total. The number of alkyl halides is 3. The van der Waals surface area contributed by atoms with Gasteiger partial charge in [-0.2, -0.15) is 0 Å². The summed E-state index contributed by atoms with van der Waals surface area (Å²) in [5, 5.41) is 14.8. The van der Waals surface area contributed by atoms with Gasteiger partial charge in [-0.3, -0.25) is 9.59 Å². The lowest BCUT2D eigenvalue weighted by Crippen LogP contribution is -2.38. The van der Waals surface area contributed by atoms with E-state index in [1.54, 1.807) is 18.2 Å². The van der Waals surface area contributed by atoms with Gasteiger partial charge in [0.15, 0.2) is 0 Å². The molecule has 0 spiro atoms. The van der Waals surface area contributed by atoms with Crippen LogP contribution in [-0.4, -0.2) is 38.9 Å². The molecule has 1 aliphatic carbocycles. The highest BCUT2D eigenvalue weighted by molar-refractivity contribution is 5.99. The fourth-order valence-corrected chi connectivity index (χ4v) is 5.40. The van der Waals surface area contributed by atoms with Crippen LogP contribution in [0.15, 0.2) is 42.5 Å². The summed E-state index contributed by atoms with van der Waals surface area (Å²) in [6.45, 7) is 8.05. The van der Waals surface area contributed by atoms with Crippen molar-refractivity contribution in [1.29, 1.82) is 0 Å².